The highest BCUT2D eigenvalue weighted by Gasteiger charge is 2.56. The molecule has 2 aromatic heterocycles. The molecule has 1 fully saturated rings. The van der Waals surface area contributed by atoms with Crippen LogP contribution in [0.2, 0.25) is 18.1 Å². The topological polar surface area (TPSA) is 201 Å². The van der Waals surface area contributed by atoms with Gasteiger partial charge in [0.2, 0.25) is 5.91 Å². The van der Waals surface area contributed by atoms with Gasteiger partial charge in [0, 0.05) is 19.0 Å². The molecule has 1 unspecified atom stereocenters. The van der Waals surface area contributed by atoms with Crippen molar-refractivity contribution in [2.75, 3.05) is 32.8 Å². The number of rotatable bonds is 20. The molecular weight excluding hydrogens is 894 g/mol. The molecule has 1 aliphatic heterocycles. The van der Waals surface area contributed by atoms with Crippen molar-refractivity contribution < 1.29 is 41.8 Å². The van der Waals surface area contributed by atoms with E-state index in [1.807, 2.05) is 107 Å². The van der Waals surface area contributed by atoms with Gasteiger partial charge in [-0.1, -0.05) is 75.4 Å². The van der Waals surface area contributed by atoms with E-state index in [0.29, 0.717) is 11.5 Å². The molecule has 3 heterocycles. The maximum absolute atomic E-state index is 15.8. The lowest BCUT2D eigenvalue weighted by molar-refractivity contribution is -0.114. The molecule has 0 radical (unpaired) electrons. The number of nitrogens with zero attached hydrogens (tertiary/aromatic N) is 5. The van der Waals surface area contributed by atoms with Crippen LogP contribution in [0.25, 0.3) is 11.2 Å². The molecule has 0 aliphatic carbocycles. The van der Waals surface area contributed by atoms with Crippen molar-refractivity contribution in [2.24, 2.45) is 0 Å². The van der Waals surface area contributed by atoms with Gasteiger partial charge in [-0.3, -0.25) is 13.8 Å². The highest BCUT2D eigenvalue weighted by atomic mass is 31.2. The number of hydrogen-bond donors (Lipinski definition) is 2. The van der Waals surface area contributed by atoms with Crippen molar-refractivity contribution in [3.05, 3.63) is 112 Å². The van der Waals surface area contributed by atoms with Crippen molar-refractivity contribution in [2.45, 2.75) is 122 Å². The molecule has 0 saturated carbocycles. The van der Waals surface area contributed by atoms with E-state index in [4.69, 9.17) is 32.4 Å². The number of carbonyl (C=O) groups excluding carboxylic acids is 1. The van der Waals surface area contributed by atoms with E-state index >= 15 is 4.57 Å². The molecule has 5 aromatic rings. The third-order valence-electron chi connectivity index (χ3n) is 12.3. The van der Waals surface area contributed by atoms with Crippen molar-refractivity contribution in [1.29, 1.82) is 5.26 Å². The zero-order valence-corrected chi connectivity index (χ0v) is 42.3. The number of anilines is 1. The smallest absolute Gasteiger partial charge is 0.409 e. The minimum absolute atomic E-state index is 0.0536. The number of aromatic amines is 1. The van der Waals surface area contributed by atoms with Crippen LogP contribution in [0.3, 0.4) is 0 Å². The zero-order chi connectivity index (χ0) is 48.9. The first-order chi connectivity index (χ1) is 31.7. The molecule has 2 N–H and O–H groups in total. The lowest BCUT2D eigenvalue weighted by atomic mass is 9.80. The van der Waals surface area contributed by atoms with Crippen molar-refractivity contribution in [3.8, 4) is 17.6 Å². The van der Waals surface area contributed by atoms with Crippen molar-refractivity contribution >= 4 is 39.0 Å². The number of fused-ring (bicyclic) bond motifs is 1. The van der Waals surface area contributed by atoms with Crippen LogP contribution < -0.4 is 20.5 Å². The minimum Gasteiger partial charge on any atom is -0.497 e. The Kier molecular flexibility index (Phi) is 16.0. The Morgan fingerprint density at radius 3 is 2.00 bits per heavy atom. The molecule has 0 spiro atoms. The minimum atomic E-state index is -4.36. The lowest BCUT2D eigenvalue weighted by Gasteiger charge is -2.42. The van der Waals surface area contributed by atoms with Crippen LogP contribution in [-0.2, 0) is 37.9 Å². The number of amides is 1. The molecular formula is C48H64N7O10PSi. The van der Waals surface area contributed by atoms with E-state index < -0.39 is 57.8 Å². The number of nitriles is 1. The van der Waals surface area contributed by atoms with Crippen LogP contribution in [0.1, 0.15) is 84.7 Å². The number of methoxy groups -OCH3 is 2. The van der Waals surface area contributed by atoms with Crippen LogP contribution >= 0.6 is 7.75 Å². The van der Waals surface area contributed by atoms with Gasteiger partial charge in [-0.2, -0.15) is 5.26 Å². The van der Waals surface area contributed by atoms with Crippen LogP contribution in [0.15, 0.2) is 90.0 Å². The Morgan fingerprint density at radius 1 is 0.925 bits per heavy atom. The first-order valence-electron chi connectivity index (χ1n) is 22.3. The largest absolute Gasteiger partial charge is 0.497 e. The average molecular weight is 958 g/mol. The number of hydrogen-bond acceptors (Lipinski definition) is 13. The normalized spacial score (nSPS) is 18.9. The number of benzene rings is 3. The number of nitrogens with one attached hydrogen (secondary N) is 2. The predicted molar refractivity (Wildman–Crippen MR) is 257 cm³/mol. The quantitative estimate of drug-likeness (QED) is 0.0324. The summed E-state index contributed by atoms with van der Waals surface area (Å²) < 4.78 is 65.0. The Morgan fingerprint density at radius 2 is 1.49 bits per heavy atom. The first kappa shape index (κ1) is 51.2. The maximum atomic E-state index is 15.8. The summed E-state index contributed by atoms with van der Waals surface area (Å²) in [7, 11) is -4.01. The summed E-state index contributed by atoms with van der Waals surface area (Å²) in [5, 5.41) is 11.9. The lowest BCUT2D eigenvalue weighted by Crippen LogP contribution is -2.50. The van der Waals surface area contributed by atoms with Crippen molar-refractivity contribution in [3.63, 3.8) is 0 Å². The molecule has 6 rings (SSSR count). The highest BCUT2D eigenvalue weighted by molar-refractivity contribution is 7.51. The van der Waals surface area contributed by atoms with Crippen LogP contribution in [0, 0.1) is 11.3 Å². The number of ether oxygens (including phenoxy) is 4. The molecule has 17 nitrogen and oxygen atoms in total. The Balaban J connectivity index is 1.62. The standard InChI is InChI=1S/C48H64N7O10PSi/c1-31(2)55(32(3)4)66(58,62-28-16-27-49)64-41-39(29-61-48(34-17-14-13-15-18-34,35-19-23-37(59-9)24-20-35)36-21-25-38(60-10)26-22-36)63-45(42(41)65-67(11,12)47(6,7)8)54-44-40(53-46(54)57)43(50-30-51-44)52-33(5)56/h13-15,17-26,30-32,39,41-42,45H,16,28-29H2,1-12H3,(H,53,57)(H,50,51,52,56)/t39-,41-,42-,45-,66?/m1/s1. The summed E-state index contributed by atoms with van der Waals surface area (Å²) in [5.41, 5.74) is 0.590. The Bertz CT molecular complexity index is 2560. The molecule has 5 atom stereocenters. The van der Waals surface area contributed by atoms with Gasteiger partial charge in [-0.25, -0.2) is 28.6 Å². The second-order valence-corrected chi connectivity index (χ2v) is 25.1. The molecule has 1 saturated heterocycles. The second kappa shape index (κ2) is 21.0. The summed E-state index contributed by atoms with van der Waals surface area (Å²) >= 11 is 0. The maximum Gasteiger partial charge on any atom is 0.409 e. The Labute approximate surface area is 393 Å². The summed E-state index contributed by atoms with van der Waals surface area (Å²) in [6.07, 6.45) is -3.61. The fraction of sp³-hybridized carbons (Fsp3) is 0.479. The van der Waals surface area contributed by atoms with Gasteiger partial charge in [-0.15, -0.1) is 0 Å². The average Bonchev–Trinajstić information content (AvgIpc) is 3.78. The van der Waals surface area contributed by atoms with Gasteiger partial charge in [0.05, 0.1) is 39.9 Å². The van der Waals surface area contributed by atoms with E-state index in [1.54, 1.807) is 18.9 Å². The van der Waals surface area contributed by atoms with Gasteiger partial charge in [0.1, 0.15) is 47.3 Å². The van der Waals surface area contributed by atoms with E-state index in [0.717, 1.165) is 16.7 Å². The third kappa shape index (κ3) is 10.7. The third-order valence-corrected chi connectivity index (χ3v) is 19.3. The van der Waals surface area contributed by atoms with Crippen LogP contribution in [0.4, 0.5) is 5.82 Å². The van der Waals surface area contributed by atoms with Crippen LogP contribution in [-0.4, -0.2) is 96.2 Å². The number of carbonyl (C=O) groups is 1. The van der Waals surface area contributed by atoms with Gasteiger partial charge in [0.15, 0.2) is 26.0 Å². The monoisotopic (exact) mass is 957 g/mol. The zero-order valence-electron chi connectivity index (χ0n) is 40.4. The fourth-order valence-corrected chi connectivity index (χ4v) is 11.8. The Hall–Kier alpha value is -5.22. The molecule has 360 valence electrons. The fourth-order valence-electron chi connectivity index (χ4n) is 8.21. The highest BCUT2D eigenvalue weighted by Crippen LogP contribution is 2.58. The number of aromatic nitrogens is 4. The summed E-state index contributed by atoms with van der Waals surface area (Å²) in [6, 6.07) is 26.3. The summed E-state index contributed by atoms with van der Waals surface area (Å²) in [4.78, 5) is 38.3. The second-order valence-electron chi connectivity index (χ2n) is 18.5. The molecule has 19 heteroatoms. The van der Waals surface area contributed by atoms with Crippen molar-refractivity contribution in [1.82, 2.24) is 24.2 Å². The van der Waals surface area contributed by atoms with E-state index in [1.165, 1.54) is 17.8 Å². The van der Waals surface area contributed by atoms with E-state index in [2.05, 4.69) is 60.2 Å². The van der Waals surface area contributed by atoms with Gasteiger partial charge in [-0.05, 0) is 86.8 Å². The summed E-state index contributed by atoms with van der Waals surface area (Å²) in [5.74, 6) is 0.969. The first-order valence-corrected chi connectivity index (χ1v) is 26.7. The molecule has 1 aliphatic rings. The van der Waals surface area contributed by atoms with Gasteiger partial charge >= 0.3 is 13.4 Å². The van der Waals surface area contributed by atoms with Crippen LogP contribution in [0.5, 0.6) is 11.5 Å². The number of H-pyrrole nitrogens is 1. The predicted octanol–water partition coefficient (Wildman–Crippen LogP) is 8.93. The van der Waals surface area contributed by atoms with Gasteiger partial charge in [0.25, 0.3) is 0 Å². The molecule has 0 bridgehead atoms. The van der Waals surface area contributed by atoms with E-state index in [9.17, 15) is 14.9 Å². The molecule has 1 amide bonds. The van der Waals surface area contributed by atoms with E-state index in [-0.39, 0.29) is 53.7 Å². The molecule has 67 heavy (non-hydrogen) atoms. The molecule has 3 aromatic carbocycles. The SMILES string of the molecule is COc1ccc(C(OC[C@H]2O[C@@H](n3c(=O)[nH]c4c(NC(C)=O)ncnc43)[C@H](O[Si](C)(C)C(C)(C)C)[C@@H]2OP(=O)(OCCC#N)N(C(C)C)C(C)C)(c2ccccc2)c2ccc(OC)cc2)cc1. The number of imidazole rings is 1. The van der Waals surface area contributed by atoms with Gasteiger partial charge < -0.3 is 33.7 Å². The summed E-state index contributed by atoms with van der Waals surface area (Å²) in [6.45, 7) is 18.8.